The molecule has 0 spiro atoms. The lowest BCUT2D eigenvalue weighted by Crippen LogP contribution is -2.37. The van der Waals surface area contributed by atoms with E-state index in [4.69, 9.17) is 17.3 Å². The molecule has 3 rings (SSSR count). The van der Waals surface area contributed by atoms with E-state index in [1.165, 1.54) is 0 Å². The van der Waals surface area contributed by atoms with Crippen molar-refractivity contribution in [2.45, 2.75) is 31.7 Å². The van der Waals surface area contributed by atoms with Gasteiger partial charge in [0.1, 0.15) is 0 Å². The molecule has 1 atom stereocenters. The Kier molecular flexibility index (Phi) is 7.08. The van der Waals surface area contributed by atoms with Gasteiger partial charge in [-0.2, -0.15) is 0 Å². The molecule has 1 aliphatic rings. The highest BCUT2D eigenvalue weighted by atomic mass is 35.5. The van der Waals surface area contributed by atoms with E-state index < -0.39 is 0 Å². The number of benzene rings is 1. The van der Waals surface area contributed by atoms with Crippen LogP contribution in [0.3, 0.4) is 0 Å². The molecular weight excluding hydrogens is 357 g/mol. The molecule has 1 aromatic carbocycles. The van der Waals surface area contributed by atoms with Gasteiger partial charge in [0, 0.05) is 34.6 Å². The molecule has 1 aliphatic carbocycles. The summed E-state index contributed by atoms with van der Waals surface area (Å²) in [4.78, 5) is 17.2. The standard InChI is InChI=1S/C16H18ClN3O.2ClH/c1-9(8-18)19-16(21)13-7-15(10-2-3-10)20-14-5-4-11(17)6-12(13)14;;/h4-7,9-10H,2-3,8,18H2,1H3,(H,19,21);2*1H/t9-;;/m0../s1. The summed E-state index contributed by atoms with van der Waals surface area (Å²) in [6.07, 6.45) is 2.29. The number of hydrogen-bond acceptors (Lipinski definition) is 3. The van der Waals surface area contributed by atoms with E-state index in [1.807, 2.05) is 19.1 Å². The van der Waals surface area contributed by atoms with Crippen LogP contribution in [0, 0.1) is 0 Å². The lowest BCUT2D eigenvalue weighted by Gasteiger charge is -2.14. The van der Waals surface area contributed by atoms with Crippen LogP contribution in [0.5, 0.6) is 0 Å². The van der Waals surface area contributed by atoms with Crippen LogP contribution in [-0.2, 0) is 0 Å². The number of aromatic nitrogens is 1. The van der Waals surface area contributed by atoms with Crippen LogP contribution in [0.4, 0.5) is 0 Å². The summed E-state index contributed by atoms with van der Waals surface area (Å²) in [7, 11) is 0. The smallest absolute Gasteiger partial charge is 0.252 e. The van der Waals surface area contributed by atoms with Gasteiger partial charge in [-0.05, 0) is 44.0 Å². The third-order valence-electron chi connectivity index (χ3n) is 3.76. The van der Waals surface area contributed by atoms with Crippen LogP contribution in [0.2, 0.25) is 5.02 Å². The van der Waals surface area contributed by atoms with Crippen molar-refractivity contribution in [1.82, 2.24) is 10.3 Å². The molecule has 0 saturated heterocycles. The van der Waals surface area contributed by atoms with Gasteiger partial charge < -0.3 is 11.1 Å². The van der Waals surface area contributed by atoms with Gasteiger partial charge in [0.05, 0.1) is 11.1 Å². The summed E-state index contributed by atoms with van der Waals surface area (Å²) in [5, 5.41) is 4.30. The first-order valence-electron chi connectivity index (χ1n) is 7.19. The second-order valence-electron chi connectivity index (χ2n) is 5.64. The SMILES string of the molecule is C[C@@H](CN)NC(=O)c1cc(C2CC2)nc2ccc(Cl)cc12.Cl.Cl. The normalized spacial score (nSPS) is 14.6. The van der Waals surface area contributed by atoms with E-state index >= 15 is 0 Å². The van der Waals surface area contributed by atoms with Crippen LogP contribution in [0.15, 0.2) is 24.3 Å². The Balaban J connectivity index is 0.00000132. The zero-order valence-electron chi connectivity index (χ0n) is 12.7. The second-order valence-corrected chi connectivity index (χ2v) is 6.08. The number of nitrogens with one attached hydrogen (secondary N) is 1. The first-order valence-corrected chi connectivity index (χ1v) is 7.57. The fraction of sp³-hybridized carbons (Fsp3) is 0.375. The fourth-order valence-electron chi connectivity index (χ4n) is 2.36. The number of carbonyl (C=O) groups excluding carboxylic acids is 1. The van der Waals surface area contributed by atoms with Gasteiger partial charge >= 0.3 is 0 Å². The molecule has 0 radical (unpaired) electrons. The lowest BCUT2D eigenvalue weighted by atomic mass is 10.0. The maximum atomic E-state index is 12.5. The first kappa shape index (κ1) is 20.0. The number of halogens is 3. The fourth-order valence-corrected chi connectivity index (χ4v) is 2.53. The topological polar surface area (TPSA) is 68.0 Å². The van der Waals surface area contributed by atoms with E-state index in [0.717, 1.165) is 29.4 Å². The molecule has 7 heteroatoms. The summed E-state index contributed by atoms with van der Waals surface area (Å²) in [6.45, 7) is 2.29. The van der Waals surface area contributed by atoms with Crippen LogP contribution in [0.25, 0.3) is 10.9 Å². The number of nitrogens with two attached hydrogens (primary N) is 1. The van der Waals surface area contributed by atoms with Crippen LogP contribution < -0.4 is 11.1 Å². The minimum absolute atomic E-state index is 0. The van der Waals surface area contributed by atoms with Gasteiger partial charge in [-0.3, -0.25) is 9.78 Å². The molecule has 23 heavy (non-hydrogen) atoms. The molecule has 1 aromatic heterocycles. The molecule has 126 valence electrons. The zero-order valence-corrected chi connectivity index (χ0v) is 15.1. The van der Waals surface area contributed by atoms with Gasteiger partial charge in [-0.1, -0.05) is 11.6 Å². The Hall–Kier alpha value is -1.07. The first-order chi connectivity index (χ1) is 10.1. The van der Waals surface area contributed by atoms with Crippen LogP contribution in [-0.4, -0.2) is 23.5 Å². The molecule has 4 nitrogen and oxygen atoms in total. The van der Waals surface area contributed by atoms with Crippen molar-refractivity contribution in [3.05, 3.63) is 40.5 Å². The molecule has 1 saturated carbocycles. The van der Waals surface area contributed by atoms with Crippen LogP contribution >= 0.6 is 36.4 Å². The monoisotopic (exact) mass is 375 g/mol. The predicted octanol–water partition coefficient (Wildman–Crippen LogP) is 3.69. The lowest BCUT2D eigenvalue weighted by molar-refractivity contribution is 0.0943. The molecule has 0 bridgehead atoms. The average Bonchev–Trinajstić information content (AvgIpc) is 3.30. The van der Waals surface area contributed by atoms with Crippen molar-refractivity contribution in [3.8, 4) is 0 Å². The van der Waals surface area contributed by atoms with Crippen molar-refractivity contribution in [2.75, 3.05) is 6.54 Å². The Morgan fingerprint density at radius 1 is 1.39 bits per heavy atom. The molecule has 1 fully saturated rings. The summed E-state index contributed by atoms with van der Waals surface area (Å²) in [5.41, 5.74) is 8.01. The summed E-state index contributed by atoms with van der Waals surface area (Å²) in [5.74, 6) is 0.369. The van der Waals surface area contributed by atoms with E-state index in [0.29, 0.717) is 23.0 Å². The van der Waals surface area contributed by atoms with E-state index in [1.54, 1.807) is 12.1 Å². The number of pyridine rings is 1. The number of nitrogens with zero attached hydrogens (tertiary/aromatic N) is 1. The molecule has 0 aliphatic heterocycles. The summed E-state index contributed by atoms with van der Waals surface area (Å²) >= 11 is 6.06. The Morgan fingerprint density at radius 2 is 2.09 bits per heavy atom. The number of fused-ring (bicyclic) bond motifs is 1. The van der Waals surface area contributed by atoms with Gasteiger partial charge in [-0.15, -0.1) is 24.8 Å². The highest BCUT2D eigenvalue weighted by molar-refractivity contribution is 6.31. The Labute approximate surface area is 153 Å². The van der Waals surface area contributed by atoms with Gasteiger partial charge in [0.2, 0.25) is 0 Å². The molecule has 0 unspecified atom stereocenters. The molecule has 3 N–H and O–H groups in total. The molecule has 2 aromatic rings. The highest BCUT2D eigenvalue weighted by Crippen LogP contribution is 2.40. The van der Waals surface area contributed by atoms with Crippen LogP contribution in [0.1, 0.15) is 41.7 Å². The van der Waals surface area contributed by atoms with Crippen molar-refractivity contribution >= 4 is 53.2 Å². The maximum absolute atomic E-state index is 12.5. The van der Waals surface area contributed by atoms with Crippen molar-refractivity contribution in [1.29, 1.82) is 0 Å². The molecule has 1 heterocycles. The minimum atomic E-state index is -0.121. The Bertz CT molecular complexity index is 704. The summed E-state index contributed by atoms with van der Waals surface area (Å²) in [6, 6.07) is 7.30. The maximum Gasteiger partial charge on any atom is 0.252 e. The van der Waals surface area contributed by atoms with Gasteiger partial charge in [-0.25, -0.2) is 0 Å². The quantitative estimate of drug-likeness (QED) is 0.855. The predicted molar refractivity (Wildman–Crippen MR) is 99.2 cm³/mol. The zero-order chi connectivity index (χ0) is 15.0. The van der Waals surface area contributed by atoms with Gasteiger partial charge in [0.15, 0.2) is 0 Å². The van der Waals surface area contributed by atoms with Crippen molar-refractivity contribution in [2.24, 2.45) is 5.73 Å². The molecular formula is C16H20Cl3N3O. The average molecular weight is 377 g/mol. The van der Waals surface area contributed by atoms with Crippen molar-refractivity contribution < 1.29 is 4.79 Å². The number of hydrogen-bond donors (Lipinski definition) is 2. The van der Waals surface area contributed by atoms with E-state index in [-0.39, 0.29) is 36.8 Å². The van der Waals surface area contributed by atoms with Gasteiger partial charge in [0.25, 0.3) is 5.91 Å². The molecule has 1 amide bonds. The Morgan fingerprint density at radius 3 is 2.70 bits per heavy atom. The third kappa shape index (κ3) is 4.48. The largest absolute Gasteiger partial charge is 0.348 e. The minimum Gasteiger partial charge on any atom is -0.348 e. The summed E-state index contributed by atoms with van der Waals surface area (Å²) < 4.78 is 0. The highest BCUT2D eigenvalue weighted by Gasteiger charge is 2.27. The van der Waals surface area contributed by atoms with E-state index in [2.05, 4.69) is 10.3 Å². The number of amides is 1. The third-order valence-corrected chi connectivity index (χ3v) is 4.00. The van der Waals surface area contributed by atoms with Crippen molar-refractivity contribution in [3.63, 3.8) is 0 Å². The van der Waals surface area contributed by atoms with E-state index in [9.17, 15) is 4.79 Å². The number of carbonyl (C=O) groups is 1. The second kappa shape index (κ2) is 8.15. The number of rotatable bonds is 4.